The predicted molar refractivity (Wildman–Crippen MR) is 76.9 cm³/mol. The first-order chi connectivity index (χ1) is 10.6. The van der Waals surface area contributed by atoms with Crippen LogP contribution in [0.3, 0.4) is 0 Å². The molecule has 6 nitrogen and oxygen atoms in total. The van der Waals surface area contributed by atoms with E-state index >= 15 is 0 Å². The summed E-state index contributed by atoms with van der Waals surface area (Å²) >= 11 is 0. The van der Waals surface area contributed by atoms with Gasteiger partial charge in [0.1, 0.15) is 11.9 Å². The Balaban J connectivity index is 1.77. The molecule has 0 aliphatic rings. The summed E-state index contributed by atoms with van der Waals surface area (Å²) in [5.41, 5.74) is 0.597. The number of rotatable bonds is 6. The Morgan fingerprint density at radius 2 is 2.23 bits per heavy atom. The van der Waals surface area contributed by atoms with Crippen LogP contribution in [0.15, 0.2) is 41.0 Å². The lowest BCUT2D eigenvalue weighted by molar-refractivity contribution is 0.148. The molecule has 0 fully saturated rings. The summed E-state index contributed by atoms with van der Waals surface area (Å²) in [6, 6.07) is 7.23. The number of nitrogens with one attached hydrogen (secondary N) is 2. The van der Waals surface area contributed by atoms with Crippen molar-refractivity contribution in [1.29, 1.82) is 0 Å². The van der Waals surface area contributed by atoms with Crippen LogP contribution in [0.1, 0.15) is 17.4 Å². The zero-order valence-electron chi connectivity index (χ0n) is 12.0. The summed E-state index contributed by atoms with van der Waals surface area (Å²) in [6.07, 6.45) is 0.524. The summed E-state index contributed by atoms with van der Waals surface area (Å²) in [4.78, 5) is 11.6. The second-order valence-electron chi connectivity index (χ2n) is 4.56. The van der Waals surface area contributed by atoms with Gasteiger partial charge in [-0.25, -0.2) is 9.18 Å². The molecule has 2 rings (SSSR count). The zero-order chi connectivity index (χ0) is 15.9. The molecule has 0 bridgehead atoms. The summed E-state index contributed by atoms with van der Waals surface area (Å²) < 4.78 is 23.3. The molecule has 0 aliphatic carbocycles. The van der Waals surface area contributed by atoms with Gasteiger partial charge in [0.2, 0.25) is 0 Å². The van der Waals surface area contributed by atoms with Gasteiger partial charge < -0.3 is 24.9 Å². The van der Waals surface area contributed by atoms with E-state index in [0.29, 0.717) is 11.3 Å². The van der Waals surface area contributed by atoms with Crippen LogP contribution in [0, 0.1) is 5.82 Å². The molecule has 2 amide bonds. The number of methoxy groups -OCH3 is 1. The highest BCUT2D eigenvalue weighted by molar-refractivity contribution is 5.73. The predicted octanol–water partition coefficient (Wildman–Crippen LogP) is 1.96. The third-order valence-corrected chi connectivity index (χ3v) is 3.00. The Bertz CT molecular complexity index is 616. The third-order valence-electron chi connectivity index (χ3n) is 3.00. The number of hydrogen-bond donors (Lipinski definition) is 3. The first kappa shape index (κ1) is 15.8. The Morgan fingerprint density at radius 1 is 1.41 bits per heavy atom. The monoisotopic (exact) mass is 308 g/mol. The van der Waals surface area contributed by atoms with Crippen molar-refractivity contribution in [2.75, 3.05) is 13.7 Å². The van der Waals surface area contributed by atoms with Crippen LogP contribution in [0.4, 0.5) is 9.18 Å². The number of benzene rings is 1. The first-order valence-electron chi connectivity index (χ1n) is 6.65. The molecule has 22 heavy (non-hydrogen) atoms. The highest BCUT2D eigenvalue weighted by Crippen LogP contribution is 2.17. The van der Waals surface area contributed by atoms with Crippen molar-refractivity contribution in [1.82, 2.24) is 10.6 Å². The van der Waals surface area contributed by atoms with E-state index in [2.05, 4.69) is 10.6 Å². The molecule has 0 spiro atoms. The fraction of sp³-hybridized carbons (Fsp3) is 0.267. The Morgan fingerprint density at radius 3 is 2.86 bits per heavy atom. The second kappa shape index (κ2) is 7.46. The van der Waals surface area contributed by atoms with Crippen molar-refractivity contribution in [2.24, 2.45) is 0 Å². The van der Waals surface area contributed by atoms with Crippen LogP contribution in [-0.2, 0) is 6.54 Å². The summed E-state index contributed by atoms with van der Waals surface area (Å²) in [6.45, 7) is 0.167. The van der Waals surface area contributed by atoms with E-state index in [9.17, 15) is 14.3 Å². The van der Waals surface area contributed by atoms with Gasteiger partial charge in [-0.2, -0.15) is 0 Å². The van der Waals surface area contributed by atoms with Crippen molar-refractivity contribution in [2.45, 2.75) is 12.6 Å². The molecule has 1 unspecified atom stereocenters. The molecule has 1 aromatic carbocycles. The topological polar surface area (TPSA) is 83.7 Å². The van der Waals surface area contributed by atoms with Gasteiger partial charge in [0.15, 0.2) is 11.6 Å². The number of hydrogen-bond acceptors (Lipinski definition) is 4. The number of urea groups is 1. The highest BCUT2D eigenvalue weighted by atomic mass is 19.1. The minimum atomic E-state index is -0.917. The molecule has 7 heteroatoms. The highest BCUT2D eigenvalue weighted by Gasteiger charge is 2.11. The summed E-state index contributed by atoms with van der Waals surface area (Å²) in [5.74, 6) is 0.0303. The van der Waals surface area contributed by atoms with Gasteiger partial charge >= 0.3 is 6.03 Å². The fourth-order valence-corrected chi connectivity index (χ4v) is 1.84. The Labute approximate surface area is 126 Å². The molecule has 1 atom stereocenters. The number of aliphatic hydroxyl groups excluding tert-OH is 1. The van der Waals surface area contributed by atoms with Gasteiger partial charge in [-0.3, -0.25) is 0 Å². The van der Waals surface area contributed by atoms with E-state index in [0.717, 1.165) is 0 Å². The number of carbonyl (C=O) groups is 1. The van der Waals surface area contributed by atoms with E-state index in [1.807, 2.05) is 0 Å². The van der Waals surface area contributed by atoms with Gasteiger partial charge in [0, 0.05) is 6.54 Å². The summed E-state index contributed by atoms with van der Waals surface area (Å²) in [7, 11) is 1.38. The lowest BCUT2D eigenvalue weighted by Gasteiger charge is -2.11. The van der Waals surface area contributed by atoms with Crippen molar-refractivity contribution >= 4 is 6.03 Å². The quantitative estimate of drug-likeness (QED) is 0.762. The van der Waals surface area contributed by atoms with Crippen LogP contribution in [-0.4, -0.2) is 24.8 Å². The minimum Gasteiger partial charge on any atom is -0.494 e. The van der Waals surface area contributed by atoms with Gasteiger partial charge in [0.05, 0.1) is 19.9 Å². The standard InChI is InChI=1S/C15H17FN2O4/c1-21-13-5-4-10(7-11(13)16)8-17-15(20)18-9-12(19)14-3-2-6-22-14/h2-7,12,19H,8-9H2,1H3,(H2,17,18,20). The van der Waals surface area contributed by atoms with Crippen molar-refractivity contribution in [3.05, 3.63) is 53.7 Å². The van der Waals surface area contributed by atoms with Crippen LogP contribution < -0.4 is 15.4 Å². The molecule has 1 aromatic heterocycles. The van der Waals surface area contributed by atoms with Crippen molar-refractivity contribution < 1.29 is 23.4 Å². The van der Waals surface area contributed by atoms with Gasteiger partial charge in [-0.1, -0.05) is 6.07 Å². The van der Waals surface area contributed by atoms with Gasteiger partial charge in [-0.15, -0.1) is 0 Å². The van der Waals surface area contributed by atoms with Crippen molar-refractivity contribution in [3.8, 4) is 5.75 Å². The molecular weight excluding hydrogens is 291 g/mol. The van der Waals surface area contributed by atoms with E-state index in [-0.39, 0.29) is 18.8 Å². The zero-order valence-corrected chi connectivity index (χ0v) is 12.0. The maximum atomic E-state index is 13.5. The minimum absolute atomic E-state index is 0.0102. The molecule has 2 aromatic rings. The third kappa shape index (κ3) is 4.23. The number of ether oxygens (including phenoxy) is 1. The largest absolute Gasteiger partial charge is 0.494 e. The fourth-order valence-electron chi connectivity index (χ4n) is 1.84. The number of carbonyl (C=O) groups excluding carboxylic acids is 1. The molecular formula is C15H17FN2O4. The molecule has 1 heterocycles. The van der Waals surface area contributed by atoms with E-state index in [4.69, 9.17) is 9.15 Å². The lowest BCUT2D eigenvalue weighted by atomic mass is 10.2. The molecule has 118 valence electrons. The van der Waals surface area contributed by atoms with E-state index in [1.165, 1.54) is 25.5 Å². The second-order valence-corrected chi connectivity index (χ2v) is 4.56. The SMILES string of the molecule is COc1ccc(CNC(=O)NCC(O)c2ccco2)cc1F. The van der Waals surface area contributed by atoms with Crippen molar-refractivity contribution in [3.63, 3.8) is 0 Å². The normalized spacial score (nSPS) is 11.8. The maximum Gasteiger partial charge on any atom is 0.315 e. The summed E-state index contributed by atoms with van der Waals surface area (Å²) in [5, 5.41) is 14.8. The average molecular weight is 308 g/mol. The number of halogens is 1. The van der Waals surface area contributed by atoms with Gasteiger partial charge in [0.25, 0.3) is 0 Å². The lowest BCUT2D eigenvalue weighted by Crippen LogP contribution is -2.37. The first-order valence-corrected chi connectivity index (χ1v) is 6.65. The van der Waals surface area contributed by atoms with Crippen LogP contribution in [0.2, 0.25) is 0 Å². The van der Waals surface area contributed by atoms with Gasteiger partial charge in [-0.05, 0) is 29.8 Å². The molecule has 3 N–H and O–H groups in total. The molecule has 0 aliphatic heterocycles. The number of aliphatic hydroxyl groups is 1. The van der Waals surface area contributed by atoms with Crippen LogP contribution >= 0.6 is 0 Å². The van der Waals surface area contributed by atoms with E-state index in [1.54, 1.807) is 18.2 Å². The van der Waals surface area contributed by atoms with E-state index < -0.39 is 18.0 Å². The number of amides is 2. The van der Waals surface area contributed by atoms with Crippen LogP contribution in [0.25, 0.3) is 0 Å². The van der Waals surface area contributed by atoms with Crippen LogP contribution in [0.5, 0.6) is 5.75 Å². The smallest absolute Gasteiger partial charge is 0.315 e. The molecule has 0 saturated carbocycles. The average Bonchev–Trinajstić information content (AvgIpc) is 3.05. The number of furan rings is 1. The maximum absolute atomic E-state index is 13.5. The Hall–Kier alpha value is -2.54. The Kier molecular flexibility index (Phi) is 5.37. The molecule has 0 saturated heterocycles. The molecule has 0 radical (unpaired) electrons.